The first-order chi connectivity index (χ1) is 42.2. The molecule has 6 unspecified atom stereocenters. The van der Waals surface area contributed by atoms with Gasteiger partial charge in [-0.1, -0.05) is 103 Å². The van der Waals surface area contributed by atoms with Gasteiger partial charge in [0.2, 0.25) is 0 Å². The van der Waals surface area contributed by atoms with Crippen molar-refractivity contribution < 1.29 is 114 Å². The zero-order valence-corrected chi connectivity index (χ0v) is 55.7. The fourth-order valence-corrected chi connectivity index (χ4v) is 4.40. The number of alkyl carbamates (subject to hydrolysis) is 2. The van der Waals surface area contributed by atoms with Crippen molar-refractivity contribution in [3.8, 4) is 6.07 Å². The molecule has 0 aliphatic heterocycles. The lowest BCUT2D eigenvalue weighted by Gasteiger charge is -2.10. The molecular weight excluding hydrogens is 1170 g/mol. The molecule has 0 aromatic heterocycles. The van der Waals surface area contributed by atoms with E-state index in [1.807, 2.05) is 75.3 Å². The molecule has 2 N–H and O–H groups in total. The van der Waals surface area contributed by atoms with Crippen molar-refractivity contribution in [1.29, 1.82) is 5.26 Å². The summed E-state index contributed by atoms with van der Waals surface area (Å²) in [6.45, 7) is 38.8. The first-order valence-corrected chi connectivity index (χ1v) is 29.8. The average Bonchev–Trinajstić information content (AvgIpc) is 3.54. The molecule has 6 atom stereocenters. The van der Waals surface area contributed by atoms with Gasteiger partial charge in [-0.3, -0.25) is 28.8 Å². The number of nitrogens with zero attached hydrogens (tertiary/aromatic N) is 1. The zero-order chi connectivity index (χ0) is 69.4. The van der Waals surface area contributed by atoms with Gasteiger partial charge in [0.25, 0.3) is 0 Å². The Balaban J connectivity index is -0.000000236. The Kier molecular flexibility index (Phi) is 69.0. The Labute approximate surface area is 528 Å². The molecule has 0 aliphatic rings. The van der Waals surface area contributed by atoms with Crippen LogP contribution in [0.1, 0.15) is 142 Å². The summed E-state index contributed by atoms with van der Waals surface area (Å²) in [5.74, 6) is -3.40. The Bertz CT molecular complexity index is 1960. The lowest BCUT2D eigenvalue weighted by molar-refractivity contribution is -0.153. The highest BCUT2D eigenvalue weighted by atomic mass is 16.6. The van der Waals surface area contributed by atoms with E-state index in [0.29, 0.717) is 51.4 Å². The second-order valence-corrected chi connectivity index (χ2v) is 18.7. The second-order valence-electron chi connectivity index (χ2n) is 18.7. The van der Waals surface area contributed by atoms with E-state index >= 15 is 0 Å². The van der Waals surface area contributed by atoms with Crippen molar-refractivity contribution in [2.45, 2.75) is 142 Å². The summed E-state index contributed by atoms with van der Waals surface area (Å²) in [4.78, 5) is 121. The van der Waals surface area contributed by atoms with Crippen LogP contribution in [-0.2, 0) is 105 Å². The first kappa shape index (κ1) is 92.6. The van der Waals surface area contributed by atoms with E-state index in [1.54, 1.807) is 34.8 Å². The number of methoxy groups -OCH3 is 1. The molecule has 27 nitrogen and oxygen atoms in total. The van der Waals surface area contributed by atoms with E-state index in [9.17, 15) is 52.7 Å². The molecule has 0 bridgehead atoms. The highest BCUT2D eigenvalue weighted by Gasteiger charge is 2.16. The maximum atomic E-state index is 11.3. The van der Waals surface area contributed by atoms with Gasteiger partial charge in [-0.15, -0.1) is 0 Å². The van der Waals surface area contributed by atoms with Crippen molar-refractivity contribution in [3.05, 3.63) is 37.5 Å². The molecule has 27 heteroatoms. The third-order valence-electron chi connectivity index (χ3n) is 11.4. The van der Waals surface area contributed by atoms with Crippen LogP contribution in [0.5, 0.6) is 0 Å². The summed E-state index contributed by atoms with van der Waals surface area (Å²) in [5, 5.41) is 12.9. The van der Waals surface area contributed by atoms with Crippen molar-refractivity contribution in [2.24, 2.45) is 35.5 Å². The summed E-state index contributed by atoms with van der Waals surface area (Å²) in [5.41, 5.74) is 0.336. The van der Waals surface area contributed by atoms with Gasteiger partial charge in [0.1, 0.15) is 72.7 Å². The fourth-order valence-electron chi connectivity index (χ4n) is 4.40. The van der Waals surface area contributed by atoms with Gasteiger partial charge in [-0.2, -0.15) is 5.26 Å². The molecule has 0 radical (unpaired) electrons. The van der Waals surface area contributed by atoms with Crippen LogP contribution in [0.3, 0.4) is 0 Å². The number of carbonyl (C=O) groups is 11. The van der Waals surface area contributed by atoms with Gasteiger partial charge in [0, 0.05) is 31.4 Å². The molecule has 2 amide bonds. The van der Waals surface area contributed by atoms with Crippen LogP contribution in [-0.4, -0.2) is 179 Å². The number of nitrogens with one attached hydrogen (secondary N) is 2. The molecule has 0 heterocycles. The Hall–Kier alpha value is -7.60. The molecule has 0 rings (SSSR count). The summed E-state index contributed by atoms with van der Waals surface area (Å²) in [6, 6.07) is 1.90. The van der Waals surface area contributed by atoms with Crippen molar-refractivity contribution in [3.63, 3.8) is 0 Å². The Morgan fingerprint density at radius 2 is 0.674 bits per heavy atom. The number of rotatable bonds is 39. The van der Waals surface area contributed by atoms with Gasteiger partial charge in [-0.25, -0.2) is 24.0 Å². The molecular formula is C62H107N3O24. The summed E-state index contributed by atoms with van der Waals surface area (Å²) in [6.07, 6.45) is 5.58. The largest absolute Gasteiger partial charge is 0.464 e. The number of carbonyl (C=O) groups excluding carboxylic acids is 11. The number of nitriles is 1. The molecule has 89 heavy (non-hydrogen) atoms. The standard InChI is InChI=1S/2C13H21NO6.C11H18O4.C9H18O3.C8H13NO2.C8H16O3/c2*1-4-10(3)12(16)19-8-9-20-13(17)14-6-7-18-11(15)5-2;1-5-9(4)11(13)15-7-6-14-10(12)8(2)3;1-4-8(3)9(10)12-7-6-11-5-2;1-3-7(2)8(10)11-6-4-5-9;1-4-7(2)8(9)11-6-5-10-3/h2*5,10H,2,4,6-9H2,1,3H3,(H,14,17);9H,2,5-7H2,1,3-4H3;8H,4-7H2,1-3H3;7H,3-4,6H2,1-2H3;7H,4-6H2,1-3H3. The topological polar surface area (TPSA) is 356 Å². The number of hydrogen-bond donors (Lipinski definition) is 2. The number of esters is 9. The predicted molar refractivity (Wildman–Crippen MR) is 328 cm³/mol. The van der Waals surface area contributed by atoms with Gasteiger partial charge in [0.15, 0.2) is 0 Å². The molecule has 0 fully saturated rings. The fraction of sp³-hybridized carbons (Fsp3) is 0.710. The maximum Gasteiger partial charge on any atom is 0.407 e. The smallest absolute Gasteiger partial charge is 0.407 e. The van der Waals surface area contributed by atoms with E-state index in [1.165, 1.54) is 0 Å². The van der Waals surface area contributed by atoms with Gasteiger partial charge >= 0.3 is 65.9 Å². The van der Waals surface area contributed by atoms with Crippen LogP contribution in [0.15, 0.2) is 37.5 Å². The Morgan fingerprint density at radius 3 is 0.933 bits per heavy atom. The second kappa shape index (κ2) is 66.4. The Morgan fingerprint density at radius 1 is 0.404 bits per heavy atom. The minimum Gasteiger partial charge on any atom is -0.464 e. The van der Waals surface area contributed by atoms with Crippen LogP contribution in [0, 0.1) is 46.8 Å². The van der Waals surface area contributed by atoms with Crippen molar-refractivity contribution >= 4 is 65.9 Å². The minimum atomic E-state index is -0.667. The van der Waals surface area contributed by atoms with E-state index in [0.717, 1.165) is 37.8 Å². The SMILES string of the molecule is C=C(C)C(=O)OCCOC(=O)C(C)CC.C=CC(=O)OCCNC(=O)OCCOC(=O)C(C)CC.C=CC(=O)OCCNC(=O)OCCOC(=O)C(C)CC.CCC(C)C(=O)OCCC#N.CCC(C)C(=O)OCCOC.CCOCCOC(=O)C(C)CC. The third-order valence-corrected chi connectivity index (χ3v) is 11.4. The molecule has 0 aliphatic carbocycles. The quantitative estimate of drug-likeness (QED) is 0.0254. The first-order valence-electron chi connectivity index (χ1n) is 29.8. The molecule has 0 spiro atoms. The van der Waals surface area contributed by atoms with E-state index in [-0.39, 0.29) is 150 Å². The van der Waals surface area contributed by atoms with Crippen LogP contribution < -0.4 is 10.6 Å². The normalized spacial score (nSPS) is 11.7. The summed E-state index contributed by atoms with van der Waals surface area (Å²) < 4.78 is 62.5. The number of hydrogen-bond acceptors (Lipinski definition) is 25. The molecule has 0 aromatic rings. The van der Waals surface area contributed by atoms with E-state index in [2.05, 4.69) is 39.8 Å². The average molecular weight is 1280 g/mol. The van der Waals surface area contributed by atoms with Crippen LogP contribution in [0.2, 0.25) is 0 Å². The lowest BCUT2D eigenvalue weighted by Crippen LogP contribution is -2.29. The van der Waals surface area contributed by atoms with Crippen LogP contribution in [0.25, 0.3) is 0 Å². The predicted octanol–water partition coefficient (Wildman–Crippen LogP) is 8.08. The van der Waals surface area contributed by atoms with Crippen molar-refractivity contribution in [1.82, 2.24) is 10.6 Å². The molecule has 0 saturated heterocycles. The van der Waals surface area contributed by atoms with Crippen molar-refractivity contribution in [2.75, 3.05) is 113 Å². The van der Waals surface area contributed by atoms with Crippen LogP contribution >= 0.6 is 0 Å². The highest BCUT2D eigenvalue weighted by Crippen LogP contribution is 2.07. The third kappa shape index (κ3) is 64.7. The van der Waals surface area contributed by atoms with Gasteiger partial charge in [-0.05, 0) is 52.4 Å². The van der Waals surface area contributed by atoms with Gasteiger partial charge < -0.3 is 72.2 Å². The number of amides is 2. The van der Waals surface area contributed by atoms with Gasteiger partial charge in [0.05, 0.1) is 74.3 Å². The summed E-state index contributed by atoms with van der Waals surface area (Å²) in [7, 11) is 1.58. The monoisotopic (exact) mass is 1280 g/mol. The molecule has 514 valence electrons. The van der Waals surface area contributed by atoms with E-state index < -0.39 is 30.1 Å². The highest BCUT2D eigenvalue weighted by molar-refractivity contribution is 5.87. The summed E-state index contributed by atoms with van der Waals surface area (Å²) >= 11 is 0. The molecule has 0 saturated carbocycles. The maximum absolute atomic E-state index is 11.3. The number of ether oxygens (including phenoxy) is 13. The lowest BCUT2D eigenvalue weighted by atomic mass is 10.1. The zero-order valence-electron chi connectivity index (χ0n) is 55.7. The van der Waals surface area contributed by atoms with E-state index in [4.69, 9.17) is 57.4 Å². The minimum absolute atomic E-state index is 0.00614. The molecule has 0 aromatic carbocycles. The van der Waals surface area contributed by atoms with Crippen LogP contribution in [0.4, 0.5) is 9.59 Å².